The summed E-state index contributed by atoms with van der Waals surface area (Å²) in [7, 11) is 6.84. The van der Waals surface area contributed by atoms with E-state index in [9.17, 15) is 33.9 Å². The summed E-state index contributed by atoms with van der Waals surface area (Å²) in [6.07, 6.45) is 15.3. The lowest BCUT2D eigenvalue weighted by atomic mass is 9.84. The van der Waals surface area contributed by atoms with E-state index >= 15 is 0 Å². The van der Waals surface area contributed by atoms with Crippen molar-refractivity contribution in [3.63, 3.8) is 0 Å². The molecular formula is C66H84N4O14. The first-order chi connectivity index (χ1) is 40.4. The van der Waals surface area contributed by atoms with Gasteiger partial charge in [-0.2, -0.15) is 0 Å². The molecule has 4 aromatic rings. The summed E-state index contributed by atoms with van der Waals surface area (Å²) in [5, 5.41) is 11.7. The predicted octanol–water partition coefficient (Wildman–Crippen LogP) is 10.4. The molecule has 4 saturated carbocycles. The van der Waals surface area contributed by atoms with Crippen LogP contribution in [0.2, 0.25) is 0 Å². The number of hydrogen-bond acceptors (Lipinski definition) is 15. The van der Waals surface area contributed by atoms with Gasteiger partial charge in [-0.3, -0.25) is 28.8 Å². The van der Waals surface area contributed by atoms with E-state index in [-0.39, 0.29) is 66.7 Å². The van der Waals surface area contributed by atoms with Gasteiger partial charge in [0.2, 0.25) is 23.6 Å². The number of fused-ring (bicyclic) bond motifs is 6. The zero-order chi connectivity index (χ0) is 60.0. The molecule has 10 rings (SSSR count). The molecule has 2 aromatic carbocycles. The number of pyridine rings is 2. The van der Waals surface area contributed by atoms with E-state index in [0.29, 0.717) is 111 Å². The Morgan fingerprint density at radius 3 is 1.45 bits per heavy atom. The lowest BCUT2D eigenvalue weighted by molar-refractivity contribution is -0.152. The van der Waals surface area contributed by atoms with Crippen molar-refractivity contribution in [2.24, 2.45) is 46.3 Å². The number of methoxy groups -OCH3 is 2. The van der Waals surface area contributed by atoms with Gasteiger partial charge < -0.3 is 48.1 Å². The minimum Gasteiger partial charge on any atom is -0.496 e. The molecule has 0 bridgehead atoms. The Bertz CT molecular complexity index is 3190. The molecule has 18 heteroatoms. The van der Waals surface area contributed by atoms with Crippen molar-refractivity contribution in [1.82, 2.24) is 19.8 Å². The second-order valence-electron chi connectivity index (χ2n) is 23.8. The van der Waals surface area contributed by atoms with Gasteiger partial charge in [-0.1, -0.05) is 24.3 Å². The number of aliphatic carboxylic acids is 1. The van der Waals surface area contributed by atoms with Crippen LogP contribution >= 0.6 is 0 Å². The van der Waals surface area contributed by atoms with Crippen LogP contribution in [0.1, 0.15) is 122 Å². The molecule has 0 spiro atoms. The molecule has 2 aromatic heterocycles. The molecule has 0 saturated heterocycles. The Morgan fingerprint density at radius 1 is 0.595 bits per heavy atom. The Morgan fingerprint density at radius 2 is 1.02 bits per heavy atom. The van der Waals surface area contributed by atoms with Gasteiger partial charge in [-0.15, -0.1) is 0 Å². The van der Waals surface area contributed by atoms with Crippen molar-refractivity contribution in [3.05, 3.63) is 71.8 Å². The molecule has 452 valence electrons. The second kappa shape index (κ2) is 26.4. The van der Waals surface area contributed by atoms with Gasteiger partial charge in [0.1, 0.15) is 46.8 Å². The number of ether oxygens (including phenoxy) is 7. The predicted molar refractivity (Wildman–Crippen MR) is 316 cm³/mol. The topological polar surface area (TPSA) is 220 Å². The molecule has 2 aliphatic heterocycles. The number of benzene rings is 2. The number of rotatable bonds is 13. The van der Waals surface area contributed by atoms with Crippen LogP contribution in [-0.2, 0) is 33.5 Å². The van der Waals surface area contributed by atoms with Crippen LogP contribution in [-0.4, -0.2) is 134 Å². The summed E-state index contributed by atoms with van der Waals surface area (Å²) in [6, 6.07) is 11.1. The molecule has 84 heavy (non-hydrogen) atoms. The third kappa shape index (κ3) is 12.9. The summed E-state index contributed by atoms with van der Waals surface area (Å²) in [5.41, 5.74) is 1.24. The van der Waals surface area contributed by atoms with E-state index in [2.05, 4.69) is 17.1 Å². The standard InChI is InChI=1S/C34H44N2O7.C32H40N2O7/c1-6-41-30-18-29(24-13-14-28(40-5)21(3)31(24)35-30)43-23-16-25-26(17-23)32(38)36(4)15-11-9-8-10-12-22-19-34(22,20-27(25)37)33(39)42-7-2;1-5-40-28-16-27(22-11-12-26(39-4)19(2)29(22)33-28)41-21-14-23-24(15-21)30(36)34(3)13-9-7-6-8-10-20-17-32(20,31(37)38)18-25(23)35/h10,12-14,18,22-23,25-26H,6-9,11,15-17,19-20H2,1-5H3;8,10-12,16,20-21,23-24H,5-7,9,13-15,17-18H2,1-4H3,(H,37,38)/b12-10-;10-8-/t22-,23-,25-,26-,34-;20-,21-,23-,24-,32-/m11/s1. The fraction of sp³-hybridized carbons (Fsp3) is 0.576. The summed E-state index contributed by atoms with van der Waals surface area (Å²) < 4.78 is 41.1. The zero-order valence-corrected chi connectivity index (χ0v) is 50.4. The summed E-state index contributed by atoms with van der Waals surface area (Å²) in [4.78, 5) is 93.5. The number of hydrogen-bond donors (Lipinski definition) is 1. The number of Topliss-reactive ketones (excluding diaryl/α,β-unsaturated/α-hetero) is 2. The number of carbonyl (C=O) groups is 6. The van der Waals surface area contributed by atoms with Gasteiger partial charge in [0.25, 0.3) is 0 Å². The van der Waals surface area contributed by atoms with Gasteiger partial charge in [0, 0.05) is 85.9 Å². The number of aromatic nitrogens is 2. The molecule has 0 radical (unpaired) electrons. The summed E-state index contributed by atoms with van der Waals surface area (Å²) in [6.45, 7) is 11.8. The number of allylic oxidation sites excluding steroid dienone is 4. The number of ketones is 2. The third-order valence-electron chi connectivity index (χ3n) is 18.4. The van der Waals surface area contributed by atoms with Crippen molar-refractivity contribution in [2.45, 2.75) is 137 Å². The van der Waals surface area contributed by atoms with Crippen molar-refractivity contribution in [3.8, 4) is 34.8 Å². The van der Waals surface area contributed by atoms with Crippen molar-refractivity contribution < 1.29 is 67.0 Å². The third-order valence-corrected chi connectivity index (χ3v) is 18.4. The van der Waals surface area contributed by atoms with E-state index in [0.717, 1.165) is 60.4 Å². The fourth-order valence-corrected chi connectivity index (χ4v) is 13.5. The first-order valence-corrected chi connectivity index (χ1v) is 30.2. The smallest absolute Gasteiger partial charge is 0.313 e. The van der Waals surface area contributed by atoms with Crippen LogP contribution in [0.3, 0.4) is 0 Å². The second-order valence-corrected chi connectivity index (χ2v) is 23.8. The van der Waals surface area contributed by atoms with Crippen LogP contribution in [0.15, 0.2) is 60.7 Å². The fourth-order valence-electron chi connectivity index (χ4n) is 13.5. The number of nitrogens with zero attached hydrogens (tertiary/aromatic N) is 4. The maximum Gasteiger partial charge on any atom is 0.313 e. The van der Waals surface area contributed by atoms with Crippen LogP contribution in [0.4, 0.5) is 0 Å². The Hall–Kier alpha value is -7.24. The number of carboxylic acid groups (broad SMARTS) is 1. The number of aryl methyl sites for hydroxylation is 2. The quantitative estimate of drug-likeness (QED) is 0.0972. The molecule has 4 fully saturated rings. The average molecular weight is 1160 g/mol. The lowest BCUT2D eigenvalue weighted by Crippen LogP contribution is -2.38. The van der Waals surface area contributed by atoms with Crippen molar-refractivity contribution >= 4 is 57.1 Å². The highest BCUT2D eigenvalue weighted by Crippen LogP contribution is 2.59. The van der Waals surface area contributed by atoms with Crippen LogP contribution in [0.5, 0.6) is 34.8 Å². The molecule has 18 nitrogen and oxygen atoms in total. The Kier molecular flexibility index (Phi) is 19.2. The zero-order valence-electron chi connectivity index (χ0n) is 50.4. The number of esters is 1. The van der Waals surface area contributed by atoms with Gasteiger partial charge >= 0.3 is 11.9 Å². The monoisotopic (exact) mass is 1160 g/mol. The highest BCUT2D eigenvalue weighted by Gasteiger charge is 2.63. The van der Waals surface area contributed by atoms with Crippen molar-refractivity contribution in [2.75, 3.05) is 61.2 Å². The number of amides is 2. The van der Waals surface area contributed by atoms with Crippen LogP contribution < -0.4 is 28.4 Å². The van der Waals surface area contributed by atoms with Gasteiger partial charge in [0.05, 0.1) is 67.7 Å². The summed E-state index contributed by atoms with van der Waals surface area (Å²) in [5.74, 6) is -0.491. The number of carbonyl (C=O) groups excluding carboxylic acids is 5. The van der Waals surface area contributed by atoms with E-state index in [1.54, 1.807) is 50.1 Å². The first kappa shape index (κ1) is 61.3. The molecule has 0 unspecified atom stereocenters. The largest absolute Gasteiger partial charge is 0.496 e. The summed E-state index contributed by atoms with van der Waals surface area (Å²) >= 11 is 0. The molecule has 2 amide bonds. The highest BCUT2D eigenvalue weighted by molar-refractivity contribution is 5.96. The normalized spacial score (nSPS) is 28.9. The molecular weight excluding hydrogens is 1070 g/mol. The Labute approximate surface area is 492 Å². The van der Waals surface area contributed by atoms with Gasteiger partial charge in [-0.05, 0) is 148 Å². The Balaban J connectivity index is 0.000000202. The van der Waals surface area contributed by atoms with E-state index in [1.807, 2.05) is 71.2 Å². The minimum atomic E-state index is -1.07. The maximum absolute atomic E-state index is 14.0. The van der Waals surface area contributed by atoms with E-state index < -0.39 is 46.6 Å². The molecule has 1 N–H and O–H groups in total. The average Bonchev–Trinajstić information content (AvgIpc) is 3.72. The van der Waals surface area contributed by atoms with E-state index in [4.69, 9.17) is 38.1 Å². The first-order valence-electron chi connectivity index (χ1n) is 30.2. The van der Waals surface area contributed by atoms with E-state index in [1.165, 1.54) is 0 Å². The molecule has 6 aliphatic rings. The molecule has 4 aliphatic carbocycles. The van der Waals surface area contributed by atoms with Crippen LogP contribution in [0.25, 0.3) is 21.8 Å². The minimum absolute atomic E-state index is 0.0101. The SMILES string of the molecule is CCOC(=O)[C@]12CC(=O)[C@@H]3C[C@@H](Oc4cc(OCC)nc5c(C)c(OC)ccc45)C[C@H]3C(=O)N(C)CCCC/C=C\[C@@H]1C2.CCOc1cc(O[C@@H]2C[C@H]3C(=O)C[C@]4(C(=O)O)C[C@H]4/C=C\CCCCN(C)C(=O)[C@@H]3C2)c2ccc(OC)c(C)c2n1. The van der Waals surface area contributed by atoms with Gasteiger partial charge in [0.15, 0.2) is 0 Å². The van der Waals surface area contributed by atoms with Gasteiger partial charge in [-0.25, -0.2) is 9.97 Å². The highest BCUT2D eigenvalue weighted by atomic mass is 16.5. The maximum atomic E-state index is 14.0. The molecule has 10 atom stereocenters. The lowest BCUT2D eigenvalue weighted by Gasteiger charge is -2.25. The van der Waals surface area contributed by atoms with Crippen LogP contribution in [0, 0.1) is 60.2 Å². The van der Waals surface area contributed by atoms with Crippen molar-refractivity contribution in [1.29, 1.82) is 0 Å². The number of carboxylic acids is 1. The molecule has 4 heterocycles.